The van der Waals surface area contributed by atoms with Crippen molar-refractivity contribution in [1.29, 1.82) is 0 Å². The second-order valence-corrected chi connectivity index (χ2v) is 12.1. The predicted molar refractivity (Wildman–Crippen MR) is 141 cm³/mol. The van der Waals surface area contributed by atoms with Crippen molar-refractivity contribution in [3.63, 3.8) is 0 Å². The maximum atomic E-state index is 12.9. The number of thiazole rings is 1. The lowest BCUT2D eigenvalue weighted by molar-refractivity contribution is 0.102. The fourth-order valence-electron chi connectivity index (χ4n) is 4.35. The normalized spacial score (nSPS) is 16.9. The van der Waals surface area contributed by atoms with Crippen molar-refractivity contribution in [3.05, 3.63) is 77.9 Å². The highest BCUT2D eigenvalue weighted by molar-refractivity contribution is 7.89. The molecule has 1 N–H and O–H groups in total. The summed E-state index contributed by atoms with van der Waals surface area (Å²) in [5, 5.41) is 3.82. The number of benzene rings is 3. The summed E-state index contributed by atoms with van der Waals surface area (Å²) in [6, 6.07) is 20.0. The third-order valence-electron chi connectivity index (χ3n) is 6.31. The molecule has 6 nitrogen and oxygen atoms in total. The molecule has 1 aliphatic heterocycles. The number of fused-ring (bicyclic) bond motifs is 1. The first kappa shape index (κ1) is 23.7. The number of anilines is 1. The first-order valence-electron chi connectivity index (χ1n) is 11.7. The first-order chi connectivity index (χ1) is 16.8. The predicted octanol–water partition coefficient (Wildman–Crippen LogP) is 5.94. The Hall–Kier alpha value is -3.07. The van der Waals surface area contributed by atoms with Crippen LogP contribution in [0.25, 0.3) is 20.8 Å². The van der Waals surface area contributed by atoms with E-state index in [1.165, 1.54) is 17.7 Å². The minimum Gasteiger partial charge on any atom is -0.322 e. The average Bonchev–Trinajstić information content (AvgIpc) is 3.28. The van der Waals surface area contributed by atoms with Crippen molar-refractivity contribution >= 4 is 43.2 Å². The van der Waals surface area contributed by atoms with Gasteiger partial charge in [0.2, 0.25) is 10.0 Å². The van der Waals surface area contributed by atoms with Crippen LogP contribution < -0.4 is 5.32 Å². The maximum Gasteiger partial charge on any atom is 0.255 e. The van der Waals surface area contributed by atoms with Crippen molar-refractivity contribution in [2.45, 2.75) is 31.6 Å². The second kappa shape index (κ2) is 9.53. The molecule has 1 aliphatic rings. The summed E-state index contributed by atoms with van der Waals surface area (Å²) >= 11 is 1.64. The van der Waals surface area contributed by atoms with Crippen LogP contribution in [0, 0.1) is 12.8 Å². The number of piperidine rings is 1. The van der Waals surface area contributed by atoms with E-state index < -0.39 is 10.0 Å². The van der Waals surface area contributed by atoms with Crippen molar-refractivity contribution in [3.8, 4) is 10.6 Å². The zero-order valence-electron chi connectivity index (χ0n) is 19.7. The lowest BCUT2D eigenvalue weighted by Crippen LogP contribution is -2.39. The molecule has 1 aromatic heterocycles. The van der Waals surface area contributed by atoms with E-state index in [0.29, 0.717) is 30.3 Å². The van der Waals surface area contributed by atoms with Crippen LogP contribution in [0.1, 0.15) is 35.7 Å². The number of amides is 1. The van der Waals surface area contributed by atoms with Gasteiger partial charge in [-0.1, -0.05) is 13.0 Å². The van der Waals surface area contributed by atoms with Crippen LogP contribution in [0.15, 0.2) is 71.6 Å². The van der Waals surface area contributed by atoms with Gasteiger partial charge in [-0.3, -0.25) is 4.79 Å². The number of hydrogen-bond donors (Lipinski definition) is 1. The fraction of sp³-hybridized carbons (Fsp3) is 0.259. The highest BCUT2D eigenvalue weighted by Gasteiger charge is 2.28. The van der Waals surface area contributed by atoms with Gasteiger partial charge in [-0.15, -0.1) is 11.3 Å². The molecule has 0 aliphatic carbocycles. The lowest BCUT2D eigenvalue weighted by Gasteiger charge is -2.30. The van der Waals surface area contributed by atoms with Gasteiger partial charge in [0, 0.05) is 29.9 Å². The molecule has 1 atom stereocenters. The zero-order chi connectivity index (χ0) is 24.6. The molecule has 3 aromatic carbocycles. The first-order valence-corrected chi connectivity index (χ1v) is 13.9. The van der Waals surface area contributed by atoms with Crippen LogP contribution in [0.2, 0.25) is 0 Å². The lowest BCUT2D eigenvalue weighted by atomic mass is 10.0. The van der Waals surface area contributed by atoms with Crippen LogP contribution >= 0.6 is 11.3 Å². The Morgan fingerprint density at radius 1 is 1.06 bits per heavy atom. The largest absolute Gasteiger partial charge is 0.322 e. The van der Waals surface area contributed by atoms with Crippen LogP contribution in [-0.4, -0.2) is 36.7 Å². The molecule has 0 spiro atoms. The summed E-state index contributed by atoms with van der Waals surface area (Å²) in [6.07, 6.45) is 1.92. The number of carbonyl (C=O) groups excluding carboxylic acids is 1. The molecule has 1 amide bonds. The topological polar surface area (TPSA) is 79.4 Å². The molecule has 1 unspecified atom stereocenters. The van der Waals surface area contributed by atoms with Crippen LogP contribution in [0.5, 0.6) is 0 Å². The molecule has 0 saturated carbocycles. The summed E-state index contributed by atoms with van der Waals surface area (Å²) in [5.41, 5.74) is 4.24. The van der Waals surface area contributed by atoms with Crippen molar-refractivity contribution in [2.24, 2.45) is 5.92 Å². The van der Waals surface area contributed by atoms with Crippen molar-refractivity contribution < 1.29 is 13.2 Å². The van der Waals surface area contributed by atoms with Gasteiger partial charge >= 0.3 is 0 Å². The van der Waals surface area contributed by atoms with E-state index in [2.05, 4.69) is 31.3 Å². The van der Waals surface area contributed by atoms with E-state index in [4.69, 9.17) is 4.98 Å². The summed E-state index contributed by atoms with van der Waals surface area (Å²) in [7, 11) is -3.54. The number of nitrogens with zero attached hydrogens (tertiary/aromatic N) is 2. The fourth-order valence-corrected chi connectivity index (χ4v) is 7.01. The van der Waals surface area contributed by atoms with Gasteiger partial charge in [0.25, 0.3) is 5.91 Å². The smallest absolute Gasteiger partial charge is 0.255 e. The molecule has 180 valence electrons. The van der Waals surface area contributed by atoms with E-state index in [0.717, 1.165) is 33.6 Å². The molecule has 1 fully saturated rings. The van der Waals surface area contributed by atoms with Crippen LogP contribution in [0.3, 0.4) is 0 Å². The van der Waals surface area contributed by atoms with E-state index in [9.17, 15) is 13.2 Å². The molecule has 2 heterocycles. The van der Waals surface area contributed by atoms with Gasteiger partial charge < -0.3 is 5.32 Å². The number of hydrogen-bond acceptors (Lipinski definition) is 5. The minimum atomic E-state index is -3.54. The standard InChI is InChI=1S/C27H27N3O3S2/c1-18-5-14-24-25(16-18)34-27(29-24)21-6-10-22(11-7-21)28-26(31)20-8-12-23(13-9-20)35(32,33)30-15-3-4-19(2)17-30/h5-14,16,19H,3-4,15,17H2,1-2H3,(H,28,31). The molecule has 5 rings (SSSR count). The molecule has 1 saturated heterocycles. The number of aromatic nitrogens is 1. The molecular formula is C27H27N3O3S2. The summed E-state index contributed by atoms with van der Waals surface area (Å²) in [4.78, 5) is 17.7. The third-order valence-corrected chi connectivity index (χ3v) is 9.25. The monoisotopic (exact) mass is 505 g/mol. The molecule has 8 heteroatoms. The molecule has 0 bridgehead atoms. The number of aryl methyl sites for hydroxylation is 1. The Kier molecular flexibility index (Phi) is 6.44. The SMILES string of the molecule is Cc1ccc2nc(-c3ccc(NC(=O)c4ccc(S(=O)(=O)N5CCCC(C)C5)cc4)cc3)sc2c1. The Bertz CT molecular complexity index is 1480. The molecule has 4 aromatic rings. The minimum absolute atomic E-state index is 0.221. The Labute approximate surface area is 209 Å². The van der Waals surface area contributed by atoms with Gasteiger partial charge in [0.05, 0.1) is 15.1 Å². The van der Waals surface area contributed by atoms with Gasteiger partial charge in [-0.05, 0) is 91.9 Å². The van der Waals surface area contributed by atoms with Gasteiger partial charge in [-0.25, -0.2) is 13.4 Å². The van der Waals surface area contributed by atoms with Crippen LogP contribution in [-0.2, 0) is 10.0 Å². The maximum absolute atomic E-state index is 12.9. The number of nitrogens with one attached hydrogen (secondary N) is 1. The van der Waals surface area contributed by atoms with E-state index >= 15 is 0 Å². The molecule has 0 radical (unpaired) electrons. The molecular weight excluding hydrogens is 478 g/mol. The van der Waals surface area contributed by atoms with Gasteiger partial charge in [-0.2, -0.15) is 4.31 Å². The van der Waals surface area contributed by atoms with E-state index in [1.807, 2.05) is 30.3 Å². The number of sulfonamides is 1. The number of carbonyl (C=O) groups is 1. The highest BCUT2D eigenvalue weighted by Crippen LogP contribution is 2.31. The Balaban J connectivity index is 1.27. The van der Waals surface area contributed by atoms with Crippen LogP contribution in [0.4, 0.5) is 5.69 Å². The van der Waals surface area contributed by atoms with Gasteiger partial charge in [0.1, 0.15) is 5.01 Å². The highest BCUT2D eigenvalue weighted by atomic mass is 32.2. The van der Waals surface area contributed by atoms with E-state index in [-0.39, 0.29) is 10.8 Å². The van der Waals surface area contributed by atoms with Crippen molar-refractivity contribution in [1.82, 2.24) is 9.29 Å². The average molecular weight is 506 g/mol. The Morgan fingerprint density at radius 3 is 2.51 bits per heavy atom. The van der Waals surface area contributed by atoms with Gasteiger partial charge in [0.15, 0.2) is 0 Å². The summed E-state index contributed by atoms with van der Waals surface area (Å²) in [5.74, 6) is 0.0672. The molecule has 35 heavy (non-hydrogen) atoms. The van der Waals surface area contributed by atoms with Crippen molar-refractivity contribution in [2.75, 3.05) is 18.4 Å². The summed E-state index contributed by atoms with van der Waals surface area (Å²) < 4.78 is 28.6. The zero-order valence-corrected chi connectivity index (χ0v) is 21.3. The second-order valence-electron chi connectivity index (χ2n) is 9.16. The quantitative estimate of drug-likeness (QED) is 0.364. The number of rotatable bonds is 5. The Morgan fingerprint density at radius 2 is 1.80 bits per heavy atom. The third kappa shape index (κ3) is 5.00. The summed E-state index contributed by atoms with van der Waals surface area (Å²) in [6.45, 7) is 5.22. The van der Waals surface area contributed by atoms with E-state index in [1.54, 1.807) is 27.8 Å².